The molecule has 432 valence electrons. The zero-order chi connectivity index (χ0) is 57.9. The number of thiazole rings is 1. The van der Waals surface area contributed by atoms with Crippen LogP contribution in [-0.2, 0) is 38.2 Å². The molecule has 0 radical (unpaired) electrons. The molecule has 2 saturated carbocycles. The van der Waals surface area contributed by atoms with E-state index in [1.165, 1.54) is 17.6 Å². The van der Waals surface area contributed by atoms with E-state index in [1.54, 1.807) is 71.7 Å². The Kier molecular flexibility index (Phi) is 24.5. The molecule has 0 aliphatic heterocycles. The van der Waals surface area contributed by atoms with Crippen molar-refractivity contribution < 1.29 is 66.7 Å². The number of carbonyl (C=O) groups is 6. The molecular formula is C63H70N4O14S. The molecule has 2 aliphatic rings. The summed E-state index contributed by atoms with van der Waals surface area (Å²) in [5.41, 5.74) is 1.11. The molecule has 7 rings (SSSR count). The fourth-order valence-corrected chi connectivity index (χ4v) is 10.3. The first kappa shape index (κ1) is 61.3. The van der Waals surface area contributed by atoms with Crippen LogP contribution in [0.3, 0.4) is 0 Å². The minimum absolute atomic E-state index is 0.151. The molecule has 2 fully saturated rings. The Morgan fingerprint density at radius 1 is 0.561 bits per heavy atom. The number of para-hydroxylation sites is 1. The number of anilines is 1. The highest BCUT2D eigenvalue weighted by Gasteiger charge is 2.34. The maximum absolute atomic E-state index is 13.9. The monoisotopic (exact) mass is 1140 g/mol. The third-order valence-electron chi connectivity index (χ3n) is 14.0. The molecule has 0 spiro atoms. The first-order valence-electron chi connectivity index (χ1n) is 28.1. The van der Waals surface area contributed by atoms with Gasteiger partial charge in [-0.05, 0) is 182 Å². The standard InChI is InChI=1S/C63H70N4O14S/c1-3-57(68)76-40-13-7-5-11-38-74-49-26-30-51(31-27-49)78-59(70)44-18-20-46(21-19-44)61(72)80-53-34-35-55(48(42-53)43-65-67(37-15-36-64)63-66-54-16-9-10-17-56(54)82-63)81-62(73)47-24-22-45(23-25-47)60(71)79-52-32-28-50(29-33-52)75-39-12-6-8-14-41-77-58(69)4-2/h3-4,9-10,16-17,26-35,42-47H,1-2,5-8,11-15,18-25,37-41H2/b65-43+. The van der Waals surface area contributed by atoms with Crippen LogP contribution in [0.25, 0.3) is 10.2 Å². The van der Waals surface area contributed by atoms with Crippen molar-refractivity contribution in [3.05, 3.63) is 122 Å². The zero-order valence-electron chi connectivity index (χ0n) is 46.1. The van der Waals surface area contributed by atoms with Gasteiger partial charge in [0, 0.05) is 17.7 Å². The zero-order valence-corrected chi connectivity index (χ0v) is 46.9. The summed E-state index contributed by atoms with van der Waals surface area (Å²) in [7, 11) is 0. The van der Waals surface area contributed by atoms with Crippen molar-refractivity contribution >= 4 is 68.7 Å². The molecule has 82 heavy (non-hydrogen) atoms. The van der Waals surface area contributed by atoms with Crippen molar-refractivity contribution in [1.82, 2.24) is 4.98 Å². The summed E-state index contributed by atoms with van der Waals surface area (Å²) in [6.07, 6.45) is 14.2. The molecule has 4 aromatic carbocycles. The minimum atomic E-state index is -0.498. The number of hydrogen-bond donors (Lipinski definition) is 0. The second kappa shape index (κ2) is 32.8. The van der Waals surface area contributed by atoms with E-state index in [2.05, 4.69) is 19.2 Å². The van der Waals surface area contributed by atoms with E-state index in [4.69, 9.17) is 48.0 Å². The third kappa shape index (κ3) is 19.7. The van der Waals surface area contributed by atoms with Gasteiger partial charge >= 0.3 is 35.8 Å². The minimum Gasteiger partial charge on any atom is -0.494 e. The molecule has 0 amide bonds. The SMILES string of the molecule is C=CC(=O)OCCCCCCOc1ccc(OC(=O)C2CCC(C(=O)Oc3ccc(OC(=O)C4CCC(C(=O)Oc5ccc(OCCCCCCOC(=O)C=C)cc5)CC4)c(/C=N/N(CCC#N)c4nc5ccccc5s4)c3)CC2)cc1. The molecule has 0 bridgehead atoms. The summed E-state index contributed by atoms with van der Waals surface area (Å²) in [4.78, 5) is 81.0. The van der Waals surface area contributed by atoms with Gasteiger partial charge in [0.25, 0.3) is 0 Å². The second-order valence-electron chi connectivity index (χ2n) is 19.9. The van der Waals surface area contributed by atoms with Gasteiger partial charge in [0.1, 0.15) is 34.5 Å². The van der Waals surface area contributed by atoms with Crippen LogP contribution < -0.4 is 33.4 Å². The summed E-state index contributed by atoms with van der Waals surface area (Å²) in [6.45, 7) is 8.77. The highest BCUT2D eigenvalue weighted by atomic mass is 32.1. The molecule has 19 heteroatoms. The van der Waals surface area contributed by atoms with Crippen LogP contribution in [0, 0.1) is 35.0 Å². The quantitative estimate of drug-likeness (QED) is 0.0100. The van der Waals surface area contributed by atoms with Crippen molar-refractivity contribution in [1.29, 1.82) is 5.26 Å². The molecule has 0 N–H and O–H groups in total. The molecule has 1 aromatic heterocycles. The Bertz CT molecular complexity index is 2980. The molecule has 2 aliphatic carbocycles. The predicted molar refractivity (Wildman–Crippen MR) is 308 cm³/mol. The number of ether oxygens (including phenoxy) is 8. The summed E-state index contributed by atoms with van der Waals surface area (Å²) in [6, 6.07) is 28.2. The topological polar surface area (TPSA) is 229 Å². The van der Waals surface area contributed by atoms with E-state index in [1.807, 2.05) is 24.3 Å². The fourth-order valence-electron chi connectivity index (χ4n) is 9.33. The lowest BCUT2D eigenvalue weighted by atomic mass is 9.82. The second-order valence-corrected chi connectivity index (χ2v) is 20.9. The summed E-state index contributed by atoms with van der Waals surface area (Å²) >= 11 is 1.41. The van der Waals surface area contributed by atoms with E-state index in [9.17, 15) is 34.0 Å². The molecular weight excluding hydrogens is 1070 g/mol. The molecule has 0 atom stereocenters. The van der Waals surface area contributed by atoms with Crippen LogP contribution in [0.15, 0.2) is 121 Å². The maximum Gasteiger partial charge on any atom is 0.330 e. The third-order valence-corrected chi connectivity index (χ3v) is 15.0. The van der Waals surface area contributed by atoms with Crippen molar-refractivity contribution in [2.75, 3.05) is 38.0 Å². The molecule has 5 aromatic rings. The predicted octanol–water partition coefficient (Wildman–Crippen LogP) is 12.0. The van der Waals surface area contributed by atoms with Crippen LogP contribution in [-0.4, -0.2) is 80.0 Å². The van der Waals surface area contributed by atoms with Gasteiger partial charge in [-0.15, -0.1) is 0 Å². The van der Waals surface area contributed by atoms with E-state index in [0.29, 0.717) is 111 Å². The lowest BCUT2D eigenvalue weighted by Gasteiger charge is -2.26. The number of fused-ring (bicyclic) bond motifs is 1. The van der Waals surface area contributed by atoms with Gasteiger partial charge in [-0.25, -0.2) is 19.6 Å². The number of hydrogen-bond acceptors (Lipinski definition) is 19. The van der Waals surface area contributed by atoms with Gasteiger partial charge < -0.3 is 37.9 Å². The number of hydrazone groups is 1. The largest absolute Gasteiger partial charge is 0.494 e. The summed E-state index contributed by atoms with van der Waals surface area (Å²) < 4.78 is 46.0. The average Bonchev–Trinajstić information content (AvgIpc) is 4.16. The smallest absolute Gasteiger partial charge is 0.330 e. The number of aromatic nitrogens is 1. The Hall–Kier alpha value is -8.37. The van der Waals surface area contributed by atoms with Crippen LogP contribution in [0.5, 0.6) is 34.5 Å². The van der Waals surface area contributed by atoms with Crippen LogP contribution in [0.4, 0.5) is 5.13 Å². The Balaban J connectivity index is 0.897. The van der Waals surface area contributed by atoms with Gasteiger partial charge in [-0.2, -0.15) is 10.4 Å². The molecule has 1 heterocycles. The summed E-state index contributed by atoms with van der Waals surface area (Å²) in [5, 5.41) is 16.4. The lowest BCUT2D eigenvalue weighted by molar-refractivity contribution is -0.145. The van der Waals surface area contributed by atoms with E-state index >= 15 is 0 Å². The average molecular weight is 1140 g/mol. The Morgan fingerprint density at radius 2 is 0.988 bits per heavy atom. The van der Waals surface area contributed by atoms with Crippen molar-refractivity contribution in [3.63, 3.8) is 0 Å². The molecule has 18 nitrogen and oxygen atoms in total. The van der Waals surface area contributed by atoms with Gasteiger partial charge in [0.05, 0.1) is 85.6 Å². The molecule has 0 saturated heterocycles. The number of benzene rings is 4. The highest BCUT2D eigenvalue weighted by Crippen LogP contribution is 2.36. The maximum atomic E-state index is 13.9. The number of carbonyl (C=O) groups excluding carboxylic acids is 6. The molecule has 0 unspecified atom stereocenters. The number of esters is 6. The lowest BCUT2D eigenvalue weighted by Crippen LogP contribution is -2.30. The van der Waals surface area contributed by atoms with Crippen LogP contribution in [0.1, 0.15) is 115 Å². The Labute approximate surface area is 482 Å². The number of nitriles is 1. The number of nitrogens with zero attached hydrogens (tertiary/aromatic N) is 4. The van der Waals surface area contributed by atoms with E-state index in [-0.39, 0.29) is 36.4 Å². The Morgan fingerprint density at radius 3 is 1.45 bits per heavy atom. The first-order valence-corrected chi connectivity index (χ1v) is 28.9. The first-order chi connectivity index (χ1) is 40.0. The van der Waals surface area contributed by atoms with Gasteiger partial charge in [0.2, 0.25) is 5.13 Å². The van der Waals surface area contributed by atoms with Crippen molar-refractivity contribution in [2.45, 2.75) is 109 Å². The van der Waals surface area contributed by atoms with Crippen LogP contribution in [0.2, 0.25) is 0 Å². The van der Waals surface area contributed by atoms with Gasteiger partial charge in [-0.1, -0.05) is 36.6 Å². The normalized spacial score (nSPS) is 16.7. The van der Waals surface area contributed by atoms with Crippen molar-refractivity contribution in [3.8, 4) is 40.6 Å². The highest BCUT2D eigenvalue weighted by molar-refractivity contribution is 7.22. The van der Waals surface area contributed by atoms with Gasteiger partial charge in [-0.3, -0.25) is 19.2 Å². The fraction of sp³-hybridized carbons (Fsp3) is 0.413. The van der Waals surface area contributed by atoms with Crippen molar-refractivity contribution in [2.24, 2.45) is 28.8 Å². The van der Waals surface area contributed by atoms with Gasteiger partial charge in [0.15, 0.2) is 0 Å². The summed E-state index contributed by atoms with van der Waals surface area (Å²) in [5.74, 6) is -1.83. The number of unbranched alkanes of at least 4 members (excludes halogenated alkanes) is 6. The van der Waals surface area contributed by atoms with E-state index < -0.39 is 47.5 Å². The van der Waals surface area contributed by atoms with Crippen LogP contribution >= 0.6 is 11.3 Å². The number of rotatable bonds is 31. The van der Waals surface area contributed by atoms with E-state index in [0.717, 1.165) is 73.7 Å².